The second-order valence-corrected chi connectivity index (χ2v) is 10.5. The monoisotopic (exact) mass is 555 g/mol. The first-order chi connectivity index (χ1) is 18.6. The summed E-state index contributed by atoms with van der Waals surface area (Å²) in [6.07, 6.45) is -6.77. The van der Waals surface area contributed by atoms with Crippen molar-refractivity contribution in [3.05, 3.63) is 47.3 Å². The van der Waals surface area contributed by atoms with Crippen LogP contribution in [0.1, 0.15) is 67.8 Å². The summed E-state index contributed by atoms with van der Waals surface area (Å²) < 4.78 is 87.4. The van der Waals surface area contributed by atoms with Gasteiger partial charge >= 0.3 is 12.4 Å². The molecule has 6 nitrogen and oxygen atoms in total. The van der Waals surface area contributed by atoms with Crippen LogP contribution in [0.15, 0.2) is 30.3 Å². The molecule has 2 aliphatic rings. The highest BCUT2D eigenvalue weighted by Crippen LogP contribution is 2.44. The van der Waals surface area contributed by atoms with Crippen molar-refractivity contribution in [3.63, 3.8) is 0 Å². The number of piperidine rings is 1. The van der Waals surface area contributed by atoms with E-state index in [1.54, 1.807) is 23.0 Å². The second-order valence-electron chi connectivity index (χ2n) is 10.5. The van der Waals surface area contributed by atoms with E-state index in [0.29, 0.717) is 24.8 Å². The number of aryl methyl sites for hydroxylation is 2. The van der Waals surface area contributed by atoms with E-state index in [2.05, 4.69) is 20.7 Å². The first kappa shape index (κ1) is 27.7. The number of hydrogen-bond donors (Lipinski definition) is 1. The Morgan fingerprint density at radius 2 is 1.64 bits per heavy atom. The van der Waals surface area contributed by atoms with Crippen LogP contribution < -0.4 is 10.1 Å². The molecule has 1 aromatic heterocycles. The van der Waals surface area contributed by atoms with Crippen LogP contribution >= 0.6 is 0 Å². The number of nitrogens with one attached hydrogen (secondary N) is 1. The summed E-state index contributed by atoms with van der Waals surface area (Å²) in [6.45, 7) is 2.33. The quantitative estimate of drug-likeness (QED) is 0.340. The third-order valence-corrected chi connectivity index (χ3v) is 7.80. The van der Waals surface area contributed by atoms with Gasteiger partial charge in [-0.15, -0.1) is 10.2 Å². The maximum atomic E-state index is 14.3. The van der Waals surface area contributed by atoms with E-state index in [0.717, 1.165) is 37.3 Å². The summed E-state index contributed by atoms with van der Waals surface area (Å²) >= 11 is 0. The molecule has 3 aromatic rings. The van der Waals surface area contributed by atoms with Crippen molar-refractivity contribution in [2.24, 2.45) is 5.92 Å². The molecular formula is C27H31F6N5O. The number of hydrogen-bond acceptors (Lipinski definition) is 5. The fraction of sp³-hybridized carbons (Fsp3) is 0.593. The van der Waals surface area contributed by atoms with Gasteiger partial charge in [-0.05, 0) is 92.1 Å². The van der Waals surface area contributed by atoms with Crippen LogP contribution in [0.2, 0.25) is 0 Å². The molecular weight excluding hydrogens is 524 g/mol. The maximum Gasteiger partial charge on any atom is 0.420 e. The van der Waals surface area contributed by atoms with Gasteiger partial charge in [-0.25, -0.2) is 0 Å². The van der Waals surface area contributed by atoms with E-state index in [-0.39, 0.29) is 42.7 Å². The van der Waals surface area contributed by atoms with Crippen molar-refractivity contribution in [2.75, 3.05) is 13.1 Å². The predicted octanol–water partition coefficient (Wildman–Crippen LogP) is 6.44. The molecule has 2 fully saturated rings. The van der Waals surface area contributed by atoms with Gasteiger partial charge in [0.1, 0.15) is 11.3 Å². The van der Waals surface area contributed by atoms with Crippen molar-refractivity contribution in [1.29, 1.82) is 0 Å². The Labute approximate surface area is 222 Å². The second kappa shape index (κ2) is 11.3. The van der Waals surface area contributed by atoms with Crippen molar-refractivity contribution in [3.8, 4) is 5.75 Å². The molecule has 1 N–H and O–H groups in total. The van der Waals surface area contributed by atoms with Crippen LogP contribution in [0.5, 0.6) is 5.75 Å². The Hall–Kier alpha value is -2.89. The maximum absolute atomic E-state index is 14.3. The third kappa shape index (κ3) is 6.47. The fourth-order valence-corrected chi connectivity index (χ4v) is 5.70. The number of tetrazole rings is 1. The molecule has 1 aliphatic heterocycles. The lowest BCUT2D eigenvalue weighted by atomic mass is 9.87. The number of ether oxygens (including phenoxy) is 1. The molecule has 5 rings (SSSR count). The molecule has 0 radical (unpaired) electrons. The van der Waals surface area contributed by atoms with E-state index in [9.17, 15) is 26.3 Å². The molecule has 2 aromatic carbocycles. The van der Waals surface area contributed by atoms with E-state index >= 15 is 0 Å². The zero-order chi connectivity index (χ0) is 27.6. The molecule has 1 aliphatic carbocycles. The zero-order valence-electron chi connectivity index (χ0n) is 21.4. The van der Waals surface area contributed by atoms with Gasteiger partial charge in [0.25, 0.3) is 0 Å². The highest BCUT2D eigenvalue weighted by Gasteiger charge is 2.42. The fourth-order valence-electron chi connectivity index (χ4n) is 5.70. The molecule has 39 heavy (non-hydrogen) atoms. The van der Waals surface area contributed by atoms with Crippen LogP contribution in [0.25, 0.3) is 10.8 Å². The van der Waals surface area contributed by atoms with Crippen LogP contribution in [0.3, 0.4) is 0 Å². The van der Waals surface area contributed by atoms with Crippen molar-refractivity contribution in [1.82, 2.24) is 25.5 Å². The van der Waals surface area contributed by atoms with Crippen LogP contribution in [0, 0.1) is 5.92 Å². The Bertz CT molecular complexity index is 1260. The summed E-state index contributed by atoms with van der Waals surface area (Å²) in [5.74, 6) is -0.742. The molecule has 0 atom stereocenters. The van der Waals surface area contributed by atoms with Gasteiger partial charge in [0.15, 0.2) is 5.82 Å². The summed E-state index contributed by atoms with van der Waals surface area (Å²) in [4.78, 5) is 1.54. The number of fused-ring (bicyclic) bond motifs is 1. The minimum absolute atomic E-state index is 0.0218. The summed E-state index contributed by atoms with van der Waals surface area (Å²) in [6, 6.07) is 7.72. The Balaban J connectivity index is 1.29. The van der Waals surface area contributed by atoms with Gasteiger partial charge in [-0.3, -0.25) is 0 Å². The van der Waals surface area contributed by atoms with Gasteiger partial charge in [0, 0.05) is 5.92 Å². The van der Waals surface area contributed by atoms with Gasteiger partial charge in [0.2, 0.25) is 0 Å². The molecule has 12 heteroatoms. The smallest absolute Gasteiger partial charge is 0.420 e. The van der Waals surface area contributed by atoms with E-state index in [1.807, 2.05) is 0 Å². The summed E-state index contributed by atoms with van der Waals surface area (Å²) in [5.41, 5.74) is -0.127. The van der Waals surface area contributed by atoms with Crippen LogP contribution in [-0.2, 0) is 19.1 Å². The highest BCUT2D eigenvalue weighted by molar-refractivity contribution is 5.91. The number of nitrogens with zero attached hydrogens (tertiary/aromatic N) is 4. The molecule has 0 spiro atoms. The first-order valence-electron chi connectivity index (χ1n) is 13.4. The molecule has 0 unspecified atom stereocenters. The standard InChI is InChI=1S/C27H31F6N5O/c28-26(29,30)19-6-8-20(9-7-19)39-23-11-10-21-17(3-1-5-22(21)24(23)27(31,32)33)4-2-16-38-36-25(35-37-38)18-12-14-34-15-13-18/h1,3,5,10-11,18-20,34H,2,4,6-9,12-16H2. The molecule has 212 valence electrons. The van der Waals surface area contributed by atoms with Crippen molar-refractivity contribution < 1.29 is 31.1 Å². The molecule has 0 bridgehead atoms. The highest BCUT2D eigenvalue weighted by atomic mass is 19.4. The Kier molecular flexibility index (Phi) is 8.02. The lowest BCUT2D eigenvalue weighted by Gasteiger charge is -2.31. The largest absolute Gasteiger partial charge is 0.490 e. The average Bonchev–Trinajstić information content (AvgIpc) is 3.37. The predicted molar refractivity (Wildman–Crippen MR) is 132 cm³/mol. The van der Waals surface area contributed by atoms with Gasteiger partial charge in [0.05, 0.1) is 18.6 Å². The molecule has 1 saturated heterocycles. The lowest BCUT2D eigenvalue weighted by molar-refractivity contribution is -0.185. The molecule has 1 saturated carbocycles. The van der Waals surface area contributed by atoms with E-state index in [4.69, 9.17) is 4.74 Å². The van der Waals surface area contributed by atoms with Gasteiger partial charge in [-0.1, -0.05) is 24.3 Å². The average molecular weight is 556 g/mol. The number of benzene rings is 2. The van der Waals surface area contributed by atoms with E-state index in [1.165, 1.54) is 12.1 Å². The zero-order valence-corrected chi connectivity index (χ0v) is 21.4. The van der Waals surface area contributed by atoms with Gasteiger partial charge < -0.3 is 10.1 Å². The van der Waals surface area contributed by atoms with Crippen molar-refractivity contribution >= 4 is 10.8 Å². The topological polar surface area (TPSA) is 64.9 Å². The summed E-state index contributed by atoms with van der Waals surface area (Å²) in [5, 5.41) is 16.6. The third-order valence-electron chi connectivity index (χ3n) is 7.80. The van der Waals surface area contributed by atoms with Gasteiger partial charge in [-0.2, -0.15) is 31.1 Å². The van der Waals surface area contributed by atoms with Crippen LogP contribution in [0.4, 0.5) is 26.3 Å². The number of alkyl halides is 6. The minimum atomic E-state index is -4.69. The SMILES string of the molecule is FC(F)(F)c1c(OC2CCC(C(F)(F)F)CC2)ccc2c(CCCn3nnc(C4CCNCC4)n3)cccc12. The minimum Gasteiger partial charge on any atom is -0.490 e. The Morgan fingerprint density at radius 3 is 2.33 bits per heavy atom. The normalized spacial score (nSPS) is 21.4. The number of halogens is 6. The molecule has 0 amide bonds. The number of rotatable bonds is 7. The Morgan fingerprint density at radius 1 is 0.897 bits per heavy atom. The number of aromatic nitrogens is 4. The lowest BCUT2D eigenvalue weighted by Crippen LogP contribution is -2.32. The molecule has 2 heterocycles. The first-order valence-corrected chi connectivity index (χ1v) is 13.4. The van der Waals surface area contributed by atoms with E-state index < -0.39 is 29.9 Å². The van der Waals surface area contributed by atoms with Crippen molar-refractivity contribution in [2.45, 2.75) is 82.3 Å². The summed E-state index contributed by atoms with van der Waals surface area (Å²) in [7, 11) is 0. The van der Waals surface area contributed by atoms with Crippen LogP contribution in [-0.4, -0.2) is 45.6 Å².